The molecular formula is C10H16. The topological polar surface area (TPSA) is 0 Å². The zero-order valence-electron chi connectivity index (χ0n) is 6.93. The van der Waals surface area contributed by atoms with E-state index in [-0.39, 0.29) is 0 Å². The highest BCUT2D eigenvalue weighted by molar-refractivity contribution is 5.31. The van der Waals surface area contributed by atoms with E-state index in [0.29, 0.717) is 0 Å². The molecule has 0 heterocycles. The number of rotatable bonds is 2. The van der Waals surface area contributed by atoms with Gasteiger partial charge in [-0.2, -0.15) is 0 Å². The minimum atomic E-state index is 0.951. The highest BCUT2D eigenvalue weighted by Crippen LogP contribution is 2.58. The van der Waals surface area contributed by atoms with Gasteiger partial charge in [0.2, 0.25) is 0 Å². The Kier molecular flexibility index (Phi) is 1.36. The monoisotopic (exact) mass is 136 g/mol. The third-order valence-electron chi connectivity index (χ3n) is 2.91. The van der Waals surface area contributed by atoms with Gasteiger partial charge in [0.15, 0.2) is 0 Å². The van der Waals surface area contributed by atoms with Crippen molar-refractivity contribution in [3.63, 3.8) is 0 Å². The van der Waals surface area contributed by atoms with Gasteiger partial charge in [-0.25, -0.2) is 0 Å². The summed E-state index contributed by atoms with van der Waals surface area (Å²) < 4.78 is 0. The number of hydrogen-bond acceptors (Lipinski definition) is 0. The van der Waals surface area contributed by atoms with Gasteiger partial charge in [0.1, 0.15) is 0 Å². The summed E-state index contributed by atoms with van der Waals surface area (Å²) in [6, 6.07) is 0. The van der Waals surface area contributed by atoms with Crippen LogP contribution in [0.1, 0.15) is 33.1 Å². The summed E-state index contributed by atoms with van der Waals surface area (Å²) in [5.74, 6) is 3.08. The first-order chi connectivity index (χ1) is 4.84. The summed E-state index contributed by atoms with van der Waals surface area (Å²) in [7, 11) is 0. The molecule has 0 spiro atoms. The van der Waals surface area contributed by atoms with Crippen molar-refractivity contribution in [1.82, 2.24) is 0 Å². The van der Waals surface area contributed by atoms with Crippen molar-refractivity contribution in [1.29, 1.82) is 0 Å². The van der Waals surface area contributed by atoms with Gasteiger partial charge in [0.25, 0.3) is 0 Å². The Morgan fingerprint density at radius 1 is 1.50 bits per heavy atom. The second-order valence-corrected chi connectivity index (χ2v) is 3.76. The van der Waals surface area contributed by atoms with Crippen LogP contribution in [0, 0.1) is 17.8 Å². The van der Waals surface area contributed by atoms with Gasteiger partial charge in [-0.1, -0.05) is 25.5 Å². The van der Waals surface area contributed by atoms with E-state index >= 15 is 0 Å². The van der Waals surface area contributed by atoms with Gasteiger partial charge in [-0.05, 0) is 37.0 Å². The summed E-state index contributed by atoms with van der Waals surface area (Å²) in [5.41, 5.74) is 1.77. The molecule has 0 amide bonds. The van der Waals surface area contributed by atoms with E-state index in [1.165, 1.54) is 19.3 Å². The SMILES string of the molecule is CCC=C1C(C)C1C1CC1. The first-order valence-corrected chi connectivity index (χ1v) is 4.54. The van der Waals surface area contributed by atoms with Gasteiger partial charge < -0.3 is 0 Å². The lowest BCUT2D eigenvalue weighted by Gasteiger charge is -1.83. The molecule has 0 N–H and O–H groups in total. The van der Waals surface area contributed by atoms with Crippen LogP contribution in [0.5, 0.6) is 0 Å². The Hall–Kier alpha value is -0.260. The molecule has 2 aliphatic rings. The summed E-state index contributed by atoms with van der Waals surface area (Å²) >= 11 is 0. The van der Waals surface area contributed by atoms with Crippen molar-refractivity contribution in [2.24, 2.45) is 17.8 Å². The minimum absolute atomic E-state index is 0.951. The van der Waals surface area contributed by atoms with Crippen molar-refractivity contribution >= 4 is 0 Å². The average molecular weight is 136 g/mol. The smallest absolute Gasteiger partial charge is 0.0109 e. The molecule has 2 rings (SSSR count). The standard InChI is InChI=1S/C10H16/c1-3-4-9-7(2)10(9)8-5-6-8/h4,7-8,10H,3,5-6H2,1-2H3. The van der Waals surface area contributed by atoms with Gasteiger partial charge >= 0.3 is 0 Å². The fraction of sp³-hybridized carbons (Fsp3) is 0.800. The van der Waals surface area contributed by atoms with Crippen molar-refractivity contribution in [3.8, 4) is 0 Å². The highest BCUT2D eigenvalue weighted by atomic mass is 14.5. The summed E-state index contributed by atoms with van der Waals surface area (Å²) in [6.45, 7) is 4.62. The Balaban J connectivity index is 1.96. The Bertz CT molecular complexity index is 163. The molecule has 2 atom stereocenters. The molecule has 2 aliphatic carbocycles. The predicted octanol–water partition coefficient (Wildman–Crippen LogP) is 3.00. The van der Waals surface area contributed by atoms with Crippen molar-refractivity contribution in [3.05, 3.63) is 11.6 Å². The molecule has 0 saturated heterocycles. The van der Waals surface area contributed by atoms with Crippen molar-refractivity contribution in [2.75, 3.05) is 0 Å². The van der Waals surface area contributed by atoms with Crippen LogP contribution in [0.2, 0.25) is 0 Å². The maximum absolute atomic E-state index is 2.44. The minimum Gasteiger partial charge on any atom is -0.0850 e. The molecular weight excluding hydrogens is 120 g/mol. The molecule has 0 bridgehead atoms. The predicted molar refractivity (Wildman–Crippen MR) is 43.8 cm³/mol. The molecule has 2 unspecified atom stereocenters. The molecule has 10 heavy (non-hydrogen) atoms. The van der Waals surface area contributed by atoms with Gasteiger partial charge in [0.05, 0.1) is 0 Å². The third-order valence-corrected chi connectivity index (χ3v) is 2.91. The largest absolute Gasteiger partial charge is 0.0850 e. The third kappa shape index (κ3) is 0.902. The second-order valence-electron chi connectivity index (χ2n) is 3.76. The molecule has 0 aromatic rings. The Labute approximate surface area is 63.3 Å². The Morgan fingerprint density at radius 3 is 2.70 bits per heavy atom. The molecule has 0 radical (unpaired) electrons. The molecule has 0 nitrogen and oxygen atoms in total. The fourth-order valence-corrected chi connectivity index (χ4v) is 2.14. The van der Waals surface area contributed by atoms with Crippen LogP contribution in [0.15, 0.2) is 11.6 Å². The van der Waals surface area contributed by atoms with Crippen LogP contribution >= 0.6 is 0 Å². The van der Waals surface area contributed by atoms with Crippen LogP contribution < -0.4 is 0 Å². The summed E-state index contributed by atoms with van der Waals surface area (Å²) in [6.07, 6.45) is 6.70. The Morgan fingerprint density at radius 2 is 2.20 bits per heavy atom. The van der Waals surface area contributed by atoms with Gasteiger partial charge in [-0.15, -0.1) is 0 Å². The van der Waals surface area contributed by atoms with Crippen LogP contribution in [0.4, 0.5) is 0 Å². The normalized spacial score (nSPS) is 42.4. The van der Waals surface area contributed by atoms with Crippen molar-refractivity contribution in [2.45, 2.75) is 33.1 Å². The summed E-state index contributed by atoms with van der Waals surface area (Å²) in [4.78, 5) is 0. The van der Waals surface area contributed by atoms with E-state index in [1.54, 1.807) is 5.57 Å². The zero-order chi connectivity index (χ0) is 7.14. The highest BCUT2D eigenvalue weighted by Gasteiger charge is 2.48. The van der Waals surface area contributed by atoms with Gasteiger partial charge in [-0.3, -0.25) is 0 Å². The van der Waals surface area contributed by atoms with Crippen LogP contribution in [-0.2, 0) is 0 Å². The first kappa shape index (κ1) is 6.45. The van der Waals surface area contributed by atoms with Gasteiger partial charge in [0, 0.05) is 0 Å². The summed E-state index contributed by atoms with van der Waals surface area (Å²) in [5, 5.41) is 0. The van der Waals surface area contributed by atoms with E-state index in [9.17, 15) is 0 Å². The lowest BCUT2D eigenvalue weighted by atomic mass is 10.2. The molecule has 0 aromatic heterocycles. The molecule has 0 aliphatic heterocycles. The van der Waals surface area contributed by atoms with Crippen LogP contribution in [0.25, 0.3) is 0 Å². The maximum atomic E-state index is 2.44. The first-order valence-electron chi connectivity index (χ1n) is 4.54. The number of allylic oxidation sites excluding steroid dienone is 2. The van der Waals surface area contributed by atoms with Crippen LogP contribution in [-0.4, -0.2) is 0 Å². The second kappa shape index (κ2) is 2.11. The quantitative estimate of drug-likeness (QED) is 0.512. The molecule has 0 aromatic carbocycles. The van der Waals surface area contributed by atoms with E-state index in [4.69, 9.17) is 0 Å². The fourth-order valence-electron chi connectivity index (χ4n) is 2.14. The van der Waals surface area contributed by atoms with E-state index < -0.39 is 0 Å². The lowest BCUT2D eigenvalue weighted by Crippen LogP contribution is -1.77. The maximum Gasteiger partial charge on any atom is -0.0109 e. The van der Waals surface area contributed by atoms with E-state index in [0.717, 1.165) is 17.8 Å². The number of hydrogen-bond donors (Lipinski definition) is 0. The molecule has 2 fully saturated rings. The molecule has 0 heteroatoms. The van der Waals surface area contributed by atoms with E-state index in [2.05, 4.69) is 19.9 Å². The zero-order valence-corrected chi connectivity index (χ0v) is 6.93. The van der Waals surface area contributed by atoms with Crippen LogP contribution in [0.3, 0.4) is 0 Å². The van der Waals surface area contributed by atoms with E-state index in [1.807, 2.05) is 0 Å². The molecule has 2 saturated carbocycles. The average Bonchev–Trinajstić information content (AvgIpc) is 2.72. The lowest BCUT2D eigenvalue weighted by molar-refractivity contribution is 0.663. The molecule has 56 valence electrons. The van der Waals surface area contributed by atoms with Crippen molar-refractivity contribution < 1.29 is 0 Å².